The van der Waals surface area contributed by atoms with Crippen molar-refractivity contribution in [3.8, 4) is 17.2 Å². The number of hydrogen-bond donors (Lipinski definition) is 4. The van der Waals surface area contributed by atoms with Gasteiger partial charge >= 0.3 is 0 Å². The molecule has 0 saturated carbocycles. The van der Waals surface area contributed by atoms with E-state index in [1.54, 1.807) is 20.3 Å². The van der Waals surface area contributed by atoms with E-state index in [-0.39, 0.29) is 35.4 Å². The molecule has 45 heavy (non-hydrogen) atoms. The third-order valence-corrected chi connectivity index (χ3v) is 13.2. The fraction of sp³-hybridized carbons (Fsp3) is 0.472. The van der Waals surface area contributed by atoms with E-state index in [4.69, 9.17) is 13.9 Å². The van der Waals surface area contributed by atoms with Gasteiger partial charge in [0.1, 0.15) is 17.2 Å². The van der Waals surface area contributed by atoms with E-state index in [9.17, 15) is 15.0 Å². The molecule has 0 fully saturated rings. The summed E-state index contributed by atoms with van der Waals surface area (Å²) in [5.74, 6) is 1.42. The van der Waals surface area contributed by atoms with Gasteiger partial charge in [-0.2, -0.15) is 0 Å². The fourth-order valence-electron chi connectivity index (χ4n) is 4.97. The number of aryl methyl sites for hydroxylation is 1. The van der Waals surface area contributed by atoms with Gasteiger partial charge in [-0.1, -0.05) is 57.2 Å². The number of carbonyl (C=O) groups is 1. The zero-order valence-electron chi connectivity index (χ0n) is 28.2. The first-order chi connectivity index (χ1) is 21.3. The molecule has 0 aromatic heterocycles. The van der Waals surface area contributed by atoms with Gasteiger partial charge in [0.25, 0.3) is 0 Å². The van der Waals surface area contributed by atoms with Crippen molar-refractivity contribution in [3.05, 3.63) is 88.5 Å². The summed E-state index contributed by atoms with van der Waals surface area (Å²) >= 11 is 0. The number of nitrogens with one attached hydrogen (secondary N) is 2. The summed E-state index contributed by atoms with van der Waals surface area (Å²) in [6.45, 7) is 14.0. The van der Waals surface area contributed by atoms with Crippen molar-refractivity contribution in [2.24, 2.45) is 0 Å². The lowest BCUT2D eigenvalue weighted by Crippen LogP contribution is -2.44. The topological polar surface area (TPSA) is 109 Å². The van der Waals surface area contributed by atoms with Crippen LogP contribution in [0.1, 0.15) is 68.0 Å². The number of benzene rings is 3. The Kier molecular flexibility index (Phi) is 13.0. The van der Waals surface area contributed by atoms with Crippen LogP contribution < -0.4 is 20.1 Å². The number of amides is 1. The van der Waals surface area contributed by atoms with E-state index >= 15 is 0 Å². The Labute approximate surface area is 270 Å². The van der Waals surface area contributed by atoms with Crippen molar-refractivity contribution in [2.45, 2.75) is 90.4 Å². The van der Waals surface area contributed by atoms with Crippen molar-refractivity contribution in [1.29, 1.82) is 0 Å². The van der Waals surface area contributed by atoms with Crippen LogP contribution in [-0.2, 0) is 35.2 Å². The molecule has 0 unspecified atom stereocenters. The normalized spacial score (nSPS) is 13.3. The molecular formula is C36H52N2O6Si. The van der Waals surface area contributed by atoms with Gasteiger partial charge in [-0.25, -0.2) is 0 Å². The molecule has 9 heteroatoms. The summed E-state index contributed by atoms with van der Waals surface area (Å²) in [6.07, 6.45) is 1.61. The van der Waals surface area contributed by atoms with Crippen LogP contribution in [-0.4, -0.2) is 51.2 Å². The molecular weight excluding hydrogens is 584 g/mol. The van der Waals surface area contributed by atoms with Crippen molar-refractivity contribution in [3.63, 3.8) is 0 Å². The van der Waals surface area contributed by atoms with Gasteiger partial charge in [0.2, 0.25) is 5.91 Å². The summed E-state index contributed by atoms with van der Waals surface area (Å²) < 4.78 is 17.7. The minimum Gasteiger partial charge on any atom is -0.508 e. The summed E-state index contributed by atoms with van der Waals surface area (Å²) in [5.41, 5.74) is 4.56. The predicted molar refractivity (Wildman–Crippen MR) is 182 cm³/mol. The number of ether oxygens (including phenoxy) is 2. The van der Waals surface area contributed by atoms with Crippen LogP contribution >= 0.6 is 0 Å². The number of phenols is 1. The van der Waals surface area contributed by atoms with E-state index in [0.29, 0.717) is 43.0 Å². The van der Waals surface area contributed by atoms with Gasteiger partial charge < -0.3 is 34.7 Å². The second kappa shape index (κ2) is 16.3. The molecule has 0 aliphatic heterocycles. The quantitative estimate of drug-likeness (QED) is 0.134. The number of carbonyl (C=O) groups excluding carboxylic acids is 1. The van der Waals surface area contributed by atoms with E-state index in [1.807, 2.05) is 36.4 Å². The van der Waals surface area contributed by atoms with Gasteiger partial charge in [0.05, 0.1) is 39.0 Å². The molecule has 0 bridgehead atoms. The molecule has 3 aromatic carbocycles. The summed E-state index contributed by atoms with van der Waals surface area (Å²) in [4.78, 5) is 12.7. The van der Waals surface area contributed by atoms with Crippen molar-refractivity contribution in [1.82, 2.24) is 10.6 Å². The van der Waals surface area contributed by atoms with Gasteiger partial charge in [0, 0.05) is 24.6 Å². The Balaban J connectivity index is 1.59. The Morgan fingerprint density at radius 2 is 1.60 bits per heavy atom. The first-order valence-corrected chi connectivity index (χ1v) is 18.6. The van der Waals surface area contributed by atoms with Gasteiger partial charge in [0.15, 0.2) is 8.32 Å². The summed E-state index contributed by atoms with van der Waals surface area (Å²) in [7, 11) is 1.10. The SMILES string of the molecule is COc1cccc(OC)c1CNC(=O)CCc1cccc(C[C@@H](C)NC[C@H](O[Si](C)(C)C(C)(C)C)c2ccc(O)c(CO)c2)c1. The first-order valence-electron chi connectivity index (χ1n) is 15.7. The lowest BCUT2D eigenvalue weighted by Gasteiger charge is -2.40. The van der Waals surface area contributed by atoms with Crippen LogP contribution in [0.15, 0.2) is 60.7 Å². The van der Waals surface area contributed by atoms with Crippen LogP contribution in [0.3, 0.4) is 0 Å². The third kappa shape index (κ3) is 10.3. The average Bonchev–Trinajstić information content (AvgIpc) is 3.00. The Morgan fingerprint density at radius 1 is 0.956 bits per heavy atom. The number of rotatable bonds is 16. The molecule has 0 radical (unpaired) electrons. The van der Waals surface area contributed by atoms with Crippen molar-refractivity contribution < 1.29 is 28.9 Å². The van der Waals surface area contributed by atoms with E-state index in [2.05, 4.69) is 69.6 Å². The number of methoxy groups -OCH3 is 2. The number of aliphatic hydroxyl groups is 1. The largest absolute Gasteiger partial charge is 0.508 e. The predicted octanol–water partition coefficient (Wildman–Crippen LogP) is 6.43. The molecule has 0 aliphatic rings. The summed E-state index contributed by atoms with van der Waals surface area (Å²) in [6, 6.07) is 19.5. The summed E-state index contributed by atoms with van der Waals surface area (Å²) in [5, 5.41) is 26.6. The van der Waals surface area contributed by atoms with Crippen LogP contribution in [0.4, 0.5) is 0 Å². The number of aliphatic hydroxyl groups excluding tert-OH is 1. The number of hydrogen-bond acceptors (Lipinski definition) is 7. The molecule has 3 aromatic rings. The highest BCUT2D eigenvalue weighted by molar-refractivity contribution is 6.74. The van der Waals surface area contributed by atoms with Crippen LogP contribution in [0.2, 0.25) is 18.1 Å². The zero-order chi connectivity index (χ0) is 33.2. The Hall–Kier alpha value is -3.37. The molecule has 0 heterocycles. The lowest BCUT2D eigenvalue weighted by molar-refractivity contribution is -0.121. The molecule has 246 valence electrons. The molecule has 8 nitrogen and oxygen atoms in total. The third-order valence-electron chi connectivity index (χ3n) is 8.71. The number of aromatic hydroxyl groups is 1. The monoisotopic (exact) mass is 636 g/mol. The standard InChI is InChI=1S/C36H52N2O6Si/c1-25(37-23-34(44-45(7,8)36(2,3)4)28-16-17-31(40)29(21-28)24-39)19-27-12-9-11-26(20-27)15-18-35(41)38-22-30-32(42-5)13-10-14-33(30)43-6/h9-14,16-17,20-21,25,34,37,39-40H,15,18-19,22-24H2,1-8H3,(H,38,41)/t25-,34+/m1/s1. The molecule has 0 aliphatic carbocycles. The van der Waals surface area contributed by atoms with Gasteiger partial charge in [-0.05, 0) is 78.9 Å². The molecule has 2 atom stereocenters. The molecule has 1 amide bonds. The molecule has 0 spiro atoms. The van der Waals surface area contributed by atoms with E-state index < -0.39 is 8.32 Å². The van der Waals surface area contributed by atoms with E-state index in [0.717, 1.165) is 23.1 Å². The maximum Gasteiger partial charge on any atom is 0.220 e. The van der Waals surface area contributed by atoms with Crippen LogP contribution in [0.5, 0.6) is 17.2 Å². The smallest absolute Gasteiger partial charge is 0.220 e. The van der Waals surface area contributed by atoms with Gasteiger partial charge in [-0.3, -0.25) is 4.79 Å². The van der Waals surface area contributed by atoms with Crippen molar-refractivity contribution in [2.75, 3.05) is 20.8 Å². The maximum absolute atomic E-state index is 12.7. The average molecular weight is 637 g/mol. The molecule has 0 saturated heterocycles. The molecule has 3 rings (SSSR count). The van der Waals surface area contributed by atoms with Crippen LogP contribution in [0, 0.1) is 0 Å². The zero-order valence-corrected chi connectivity index (χ0v) is 29.2. The molecule has 4 N–H and O–H groups in total. The minimum atomic E-state index is -2.11. The fourth-order valence-corrected chi connectivity index (χ4v) is 6.26. The Morgan fingerprint density at radius 3 is 2.22 bits per heavy atom. The second-order valence-corrected chi connectivity index (χ2v) is 17.9. The van der Waals surface area contributed by atoms with E-state index in [1.165, 1.54) is 5.56 Å². The minimum absolute atomic E-state index is 0.0326. The Bertz CT molecular complexity index is 1380. The van der Waals surface area contributed by atoms with Crippen LogP contribution in [0.25, 0.3) is 0 Å². The highest BCUT2D eigenvalue weighted by Crippen LogP contribution is 2.40. The highest BCUT2D eigenvalue weighted by atomic mass is 28.4. The lowest BCUT2D eigenvalue weighted by atomic mass is 10.0. The van der Waals surface area contributed by atoms with Crippen molar-refractivity contribution >= 4 is 14.2 Å². The second-order valence-electron chi connectivity index (χ2n) is 13.2. The highest BCUT2D eigenvalue weighted by Gasteiger charge is 2.39. The van der Waals surface area contributed by atoms with Gasteiger partial charge in [-0.15, -0.1) is 0 Å². The maximum atomic E-state index is 12.7. The first kappa shape index (κ1) is 36.1.